The second-order valence-electron chi connectivity index (χ2n) is 5.61. The van der Waals surface area contributed by atoms with Crippen molar-refractivity contribution in [3.05, 3.63) is 76.5 Å². The molecule has 26 heavy (non-hydrogen) atoms. The number of halogens is 1. The molecule has 132 valence electrons. The fourth-order valence-corrected chi connectivity index (χ4v) is 2.34. The normalized spacial score (nSPS) is 10.4. The molecule has 3 rings (SSSR count). The molecule has 0 unspecified atom stereocenters. The molecule has 0 spiro atoms. The van der Waals surface area contributed by atoms with E-state index in [1.54, 1.807) is 31.2 Å². The van der Waals surface area contributed by atoms with Crippen molar-refractivity contribution in [2.24, 2.45) is 0 Å². The predicted molar refractivity (Wildman–Crippen MR) is 95.6 cm³/mol. The quantitative estimate of drug-likeness (QED) is 0.739. The molecular formula is C19H16FN3O3. The van der Waals surface area contributed by atoms with Crippen LogP contribution in [0.15, 0.2) is 59.4 Å². The molecule has 0 fully saturated rings. The summed E-state index contributed by atoms with van der Waals surface area (Å²) >= 11 is 0. The van der Waals surface area contributed by atoms with Gasteiger partial charge in [0, 0.05) is 23.0 Å². The summed E-state index contributed by atoms with van der Waals surface area (Å²) in [6, 6.07) is 13.8. The molecule has 0 saturated heterocycles. The van der Waals surface area contributed by atoms with E-state index in [4.69, 9.17) is 4.74 Å². The maximum atomic E-state index is 12.8. The van der Waals surface area contributed by atoms with Crippen molar-refractivity contribution in [3.8, 4) is 17.1 Å². The van der Waals surface area contributed by atoms with Crippen LogP contribution in [-0.2, 0) is 4.79 Å². The first kappa shape index (κ1) is 17.3. The van der Waals surface area contributed by atoms with Crippen molar-refractivity contribution in [2.45, 2.75) is 6.92 Å². The van der Waals surface area contributed by atoms with E-state index in [2.05, 4.69) is 15.3 Å². The minimum Gasteiger partial charge on any atom is -0.484 e. The van der Waals surface area contributed by atoms with Gasteiger partial charge in [0.25, 0.3) is 11.5 Å². The lowest BCUT2D eigenvalue weighted by Crippen LogP contribution is -2.20. The standard InChI is InChI=1S/C19H16FN3O3/c1-12-9-17(24)23-19(21-12)13-3-2-4-15(10-13)22-18(25)11-26-16-7-5-14(20)6-8-16/h2-10H,11H2,1H3,(H,22,25)(H,21,23,24). The van der Waals surface area contributed by atoms with Gasteiger partial charge in [0.15, 0.2) is 6.61 Å². The maximum Gasteiger partial charge on any atom is 0.262 e. The largest absolute Gasteiger partial charge is 0.484 e. The summed E-state index contributed by atoms with van der Waals surface area (Å²) in [6.45, 7) is 1.52. The van der Waals surface area contributed by atoms with E-state index in [0.29, 0.717) is 28.5 Å². The van der Waals surface area contributed by atoms with Crippen LogP contribution in [0.2, 0.25) is 0 Å². The Morgan fingerprint density at radius 2 is 1.96 bits per heavy atom. The smallest absolute Gasteiger partial charge is 0.262 e. The van der Waals surface area contributed by atoms with Crippen molar-refractivity contribution in [2.75, 3.05) is 11.9 Å². The van der Waals surface area contributed by atoms with Gasteiger partial charge in [-0.3, -0.25) is 9.59 Å². The summed E-state index contributed by atoms with van der Waals surface area (Å²) in [6.07, 6.45) is 0. The van der Waals surface area contributed by atoms with Crippen molar-refractivity contribution >= 4 is 11.6 Å². The van der Waals surface area contributed by atoms with E-state index < -0.39 is 0 Å². The molecule has 2 N–H and O–H groups in total. The van der Waals surface area contributed by atoms with Gasteiger partial charge in [-0.1, -0.05) is 12.1 Å². The van der Waals surface area contributed by atoms with Gasteiger partial charge >= 0.3 is 0 Å². The third-order valence-corrected chi connectivity index (χ3v) is 3.47. The summed E-state index contributed by atoms with van der Waals surface area (Å²) in [7, 11) is 0. The molecule has 0 aliphatic rings. The highest BCUT2D eigenvalue weighted by atomic mass is 19.1. The number of ether oxygens (including phenoxy) is 1. The Balaban J connectivity index is 1.67. The zero-order valence-electron chi connectivity index (χ0n) is 14.0. The highest BCUT2D eigenvalue weighted by Gasteiger charge is 2.07. The van der Waals surface area contributed by atoms with Gasteiger partial charge < -0.3 is 15.0 Å². The molecule has 1 aromatic heterocycles. The summed E-state index contributed by atoms with van der Waals surface area (Å²) in [5.74, 6) is 0.0871. The maximum absolute atomic E-state index is 12.8. The highest BCUT2D eigenvalue weighted by molar-refractivity contribution is 5.92. The Kier molecular flexibility index (Phi) is 5.07. The Hall–Kier alpha value is -3.48. The van der Waals surface area contributed by atoms with Crippen LogP contribution >= 0.6 is 0 Å². The average molecular weight is 353 g/mol. The molecule has 0 saturated carbocycles. The van der Waals surface area contributed by atoms with Gasteiger partial charge in [-0.2, -0.15) is 0 Å². The van der Waals surface area contributed by atoms with Crippen LogP contribution in [0.4, 0.5) is 10.1 Å². The molecule has 3 aromatic rings. The van der Waals surface area contributed by atoms with E-state index in [-0.39, 0.29) is 23.9 Å². The molecule has 6 nitrogen and oxygen atoms in total. The summed E-state index contributed by atoms with van der Waals surface area (Å²) in [5, 5.41) is 2.71. The Bertz CT molecular complexity index is 984. The van der Waals surface area contributed by atoms with Crippen LogP contribution < -0.4 is 15.6 Å². The van der Waals surface area contributed by atoms with Gasteiger partial charge in [-0.15, -0.1) is 0 Å². The molecule has 2 aromatic carbocycles. The molecule has 0 aliphatic heterocycles. The van der Waals surface area contributed by atoms with Crippen LogP contribution in [0.5, 0.6) is 5.75 Å². The van der Waals surface area contributed by atoms with Gasteiger partial charge in [0.05, 0.1) is 0 Å². The number of rotatable bonds is 5. The summed E-state index contributed by atoms with van der Waals surface area (Å²) in [5.41, 5.74) is 1.57. The number of H-pyrrole nitrogens is 1. The molecule has 0 aliphatic carbocycles. The second kappa shape index (κ2) is 7.60. The molecule has 0 bridgehead atoms. The van der Waals surface area contributed by atoms with Crippen LogP contribution in [0, 0.1) is 12.7 Å². The molecule has 0 atom stereocenters. The number of aryl methyl sites for hydroxylation is 1. The number of nitrogens with zero attached hydrogens (tertiary/aromatic N) is 1. The third kappa shape index (κ3) is 4.54. The monoisotopic (exact) mass is 353 g/mol. The van der Waals surface area contributed by atoms with Crippen molar-refractivity contribution in [1.29, 1.82) is 0 Å². The van der Waals surface area contributed by atoms with E-state index >= 15 is 0 Å². The van der Waals surface area contributed by atoms with Crippen molar-refractivity contribution < 1.29 is 13.9 Å². The van der Waals surface area contributed by atoms with Gasteiger partial charge in [-0.05, 0) is 43.3 Å². The number of carbonyl (C=O) groups excluding carboxylic acids is 1. The number of carbonyl (C=O) groups is 1. The highest BCUT2D eigenvalue weighted by Crippen LogP contribution is 2.19. The van der Waals surface area contributed by atoms with Crippen LogP contribution in [0.1, 0.15) is 5.69 Å². The number of aromatic nitrogens is 2. The van der Waals surface area contributed by atoms with E-state index in [9.17, 15) is 14.0 Å². The lowest BCUT2D eigenvalue weighted by atomic mass is 10.2. The van der Waals surface area contributed by atoms with E-state index in [1.165, 1.54) is 30.3 Å². The summed E-state index contributed by atoms with van der Waals surface area (Å²) < 4.78 is 18.1. The van der Waals surface area contributed by atoms with E-state index in [0.717, 1.165) is 0 Å². The first-order valence-corrected chi connectivity index (χ1v) is 7.86. The molecule has 0 radical (unpaired) electrons. The van der Waals surface area contributed by atoms with Crippen LogP contribution in [-0.4, -0.2) is 22.5 Å². The molecule has 1 amide bonds. The lowest BCUT2D eigenvalue weighted by Gasteiger charge is -2.09. The number of hydrogen-bond donors (Lipinski definition) is 2. The van der Waals surface area contributed by atoms with Crippen molar-refractivity contribution in [1.82, 2.24) is 9.97 Å². The average Bonchev–Trinajstić information content (AvgIpc) is 2.61. The first-order valence-electron chi connectivity index (χ1n) is 7.86. The number of amides is 1. The minimum absolute atomic E-state index is 0.213. The van der Waals surface area contributed by atoms with E-state index in [1.807, 2.05) is 0 Å². The third-order valence-electron chi connectivity index (χ3n) is 3.47. The zero-order valence-corrected chi connectivity index (χ0v) is 14.0. The van der Waals surface area contributed by atoms with Crippen molar-refractivity contribution in [3.63, 3.8) is 0 Å². The predicted octanol–water partition coefficient (Wildman–Crippen LogP) is 2.90. The fraction of sp³-hybridized carbons (Fsp3) is 0.105. The SMILES string of the molecule is Cc1cc(=O)[nH]c(-c2cccc(NC(=O)COc3ccc(F)cc3)c2)n1. The Morgan fingerprint density at radius 1 is 1.19 bits per heavy atom. The Labute approximate surface area is 148 Å². The first-order chi connectivity index (χ1) is 12.5. The number of anilines is 1. The number of aromatic amines is 1. The topological polar surface area (TPSA) is 84.1 Å². The van der Waals surface area contributed by atoms with Gasteiger partial charge in [0.2, 0.25) is 0 Å². The van der Waals surface area contributed by atoms with Crippen LogP contribution in [0.25, 0.3) is 11.4 Å². The fourth-order valence-electron chi connectivity index (χ4n) is 2.34. The number of nitrogens with one attached hydrogen (secondary N) is 2. The minimum atomic E-state index is -0.374. The molecular weight excluding hydrogens is 337 g/mol. The van der Waals surface area contributed by atoms with Gasteiger partial charge in [0.1, 0.15) is 17.4 Å². The van der Waals surface area contributed by atoms with Crippen LogP contribution in [0.3, 0.4) is 0 Å². The lowest BCUT2D eigenvalue weighted by molar-refractivity contribution is -0.118. The van der Waals surface area contributed by atoms with Gasteiger partial charge in [-0.25, -0.2) is 9.37 Å². The number of hydrogen-bond acceptors (Lipinski definition) is 4. The molecule has 1 heterocycles. The molecule has 7 heteroatoms. The second-order valence-corrected chi connectivity index (χ2v) is 5.61. The number of benzene rings is 2. The Morgan fingerprint density at radius 3 is 2.69 bits per heavy atom. The zero-order chi connectivity index (χ0) is 18.5. The summed E-state index contributed by atoms with van der Waals surface area (Å²) in [4.78, 5) is 30.6.